The van der Waals surface area contributed by atoms with Crippen molar-refractivity contribution in [3.05, 3.63) is 0 Å². The van der Waals surface area contributed by atoms with E-state index in [1.54, 1.807) is 13.8 Å². The summed E-state index contributed by atoms with van der Waals surface area (Å²) in [6, 6.07) is 0. The second-order valence-electron chi connectivity index (χ2n) is 3.26. The van der Waals surface area contributed by atoms with Gasteiger partial charge < -0.3 is 25.3 Å². The van der Waals surface area contributed by atoms with Crippen molar-refractivity contribution in [3.63, 3.8) is 0 Å². The van der Waals surface area contributed by atoms with Crippen LogP contribution in [0.2, 0.25) is 0 Å². The van der Waals surface area contributed by atoms with Crippen molar-refractivity contribution in [3.8, 4) is 0 Å². The summed E-state index contributed by atoms with van der Waals surface area (Å²) in [5.41, 5.74) is -0.780. The van der Waals surface area contributed by atoms with Crippen LogP contribution in [0.3, 0.4) is 0 Å². The summed E-state index contributed by atoms with van der Waals surface area (Å²) in [7, 11) is 0. The summed E-state index contributed by atoms with van der Waals surface area (Å²) < 4.78 is 0. The number of carboxylic acids is 2. The smallest absolute Gasteiger partial charge is 0.550 e. The van der Waals surface area contributed by atoms with Crippen LogP contribution in [0.4, 0.5) is 0 Å². The Kier molecular flexibility index (Phi) is 11.4. The van der Waals surface area contributed by atoms with Gasteiger partial charge in [-0.15, -0.1) is 0 Å². The van der Waals surface area contributed by atoms with Gasteiger partial charge in [-0.2, -0.15) is 0 Å². The third kappa shape index (κ3) is 12.4. The second kappa shape index (κ2) is 7.75. The number of aliphatic carboxylic acids is 2. The molecule has 0 unspecified atom stereocenters. The van der Waals surface area contributed by atoms with E-state index < -0.39 is 17.4 Å². The van der Waals surface area contributed by atoms with Crippen molar-refractivity contribution in [2.75, 3.05) is 0 Å². The molecule has 0 aliphatic carbocycles. The molecule has 0 rings (SSSR count). The Morgan fingerprint density at radius 2 is 1.31 bits per heavy atom. The summed E-state index contributed by atoms with van der Waals surface area (Å²) in [5, 5.41) is 20.1. The average Bonchev–Trinajstić information content (AvgIpc) is 1.53. The number of carboxylic acid groups (broad SMARTS) is 2. The second-order valence-corrected chi connectivity index (χ2v) is 3.26. The normalized spacial score (nSPS) is 9.38. The summed E-state index contributed by atoms with van der Waals surface area (Å²) in [4.78, 5) is 20.1. The molecule has 0 bridgehead atoms. The fourth-order valence-electron chi connectivity index (χ4n) is 0.844. The molecule has 0 saturated carbocycles. The molecule has 72 valence electrons. The van der Waals surface area contributed by atoms with E-state index in [0.29, 0.717) is 0 Å². The first-order chi connectivity index (χ1) is 4.83. The molecule has 0 fully saturated rings. The zero-order valence-corrected chi connectivity index (χ0v) is 11.2. The molecule has 0 aromatic heterocycles. The first-order valence-corrected chi connectivity index (χ1v) is 3.23. The third-order valence-electron chi connectivity index (χ3n) is 1.25. The molecule has 5 nitrogen and oxygen atoms in total. The fourth-order valence-corrected chi connectivity index (χ4v) is 0.844. The van der Waals surface area contributed by atoms with E-state index in [1.165, 1.54) is 0 Å². The Morgan fingerprint density at radius 3 is 1.46 bits per heavy atom. The molecule has 0 heterocycles. The molecule has 0 aliphatic heterocycles. The molecule has 0 radical (unpaired) electrons. The van der Waals surface area contributed by atoms with Crippen molar-refractivity contribution in [2.45, 2.75) is 26.7 Å². The zero-order chi connectivity index (χ0) is 9.07. The molecule has 0 amide bonds. The van der Waals surface area contributed by atoms with E-state index in [2.05, 4.69) is 0 Å². The van der Waals surface area contributed by atoms with Gasteiger partial charge in [0.1, 0.15) is 0 Å². The molecule has 13 heavy (non-hydrogen) atoms. The number of hydrogen-bond donors (Lipinski definition) is 0. The van der Waals surface area contributed by atoms with Gasteiger partial charge in [0.15, 0.2) is 0 Å². The largest absolute Gasteiger partial charge is 2.00 e. The Bertz CT molecular complexity index is 160. The minimum Gasteiger partial charge on any atom is -0.550 e. The van der Waals surface area contributed by atoms with Gasteiger partial charge in [0.25, 0.3) is 0 Å². The van der Waals surface area contributed by atoms with Crippen molar-refractivity contribution in [1.82, 2.24) is 0 Å². The molecule has 0 saturated heterocycles. The van der Waals surface area contributed by atoms with E-state index in [-0.39, 0.29) is 63.8 Å². The maximum atomic E-state index is 10.1. The molecule has 0 atom stereocenters. The van der Waals surface area contributed by atoms with Gasteiger partial charge in [0.05, 0.1) is 0 Å². The van der Waals surface area contributed by atoms with Crippen molar-refractivity contribution >= 4 is 57.4 Å². The van der Waals surface area contributed by atoms with Crippen LogP contribution in [0.15, 0.2) is 0 Å². The van der Waals surface area contributed by atoms with Crippen LogP contribution in [0, 0.1) is 5.41 Å². The fraction of sp³-hybridized carbons (Fsp3) is 0.714. The summed E-state index contributed by atoms with van der Waals surface area (Å²) in [6.45, 7) is 3.08. The van der Waals surface area contributed by atoms with Gasteiger partial charge >= 0.3 is 45.5 Å². The average molecular weight is 264 g/mol. The van der Waals surface area contributed by atoms with Gasteiger partial charge in [-0.05, 0) is 18.3 Å². The van der Waals surface area contributed by atoms with Gasteiger partial charge in [-0.25, -0.2) is 0 Å². The molecular weight excluding hydrogens is 252 g/mol. The van der Waals surface area contributed by atoms with Gasteiger partial charge in [0.2, 0.25) is 0 Å². The van der Waals surface area contributed by atoms with Crippen LogP contribution in [0.5, 0.6) is 0 Å². The van der Waals surface area contributed by atoms with Crippen LogP contribution in [0.25, 0.3) is 0 Å². The molecule has 2 N–H and O–H groups in total. The zero-order valence-electron chi connectivity index (χ0n) is 7.75. The Hall–Kier alpha value is 0.381. The van der Waals surface area contributed by atoms with Crippen molar-refractivity contribution in [2.24, 2.45) is 5.41 Å². The quantitative estimate of drug-likeness (QED) is 0.506. The molecule has 0 spiro atoms. The topological polar surface area (TPSA) is 112 Å². The number of carbonyl (C=O) groups is 2. The Labute approximate surface area is 114 Å². The Morgan fingerprint density at radius 1 is 1.08 bits per heavy atom. The van der Waals surface area contributed by atoms with E-state index in [1.807, 2.05) is 0 Å². The van der Waals surface area contributed by atoms with E-state index >= 15 is 0 Å². The predicted octanol–water partition coefficient (Wildman–Crippen LogP) is -2.91. The van der Waals surface area contributed by atoms with Gasteiger partial charge in [0, 0.05) is 11.9 Å². The minimum absolute atomic E-state index is 0. The van der Waals surface area contributed by atoms with Crippen LogP contribution < -0.4 is 10.2 Å². The molecule has 0 aromatic carbocycles. The van der Waals surface area contributed by atoms with Crippen molar-refractivity contribution in [1.29, 1.82) is 0 Å². The molecule has 0 aliphatic rings. The van der Waals surface area contributed by atoms with Gasteiger partial charge in [-0.3, -0.25) is 0 Å². The molecule has 0 aromatic rings. The Balaban J connectivity index is -0.000000500. The maximum absolute atomic E-state index is 10.1. The monoisotopic (exact) mass is 264 g/mol. The maximum Gasteiger partial charge on any atom is 2.00 e. The SMILES string of the molecule is CC(C)(CC(=O)[O-])CC(=O)[O-].O.[Sr+2]. The van der Waals surface area contributed by atoms with Crippen molar-refractivity contribution < 1.29 is 25.3 Å². The summed E-state index contributed by atoms with van der Waals surface area (Å²) >= 11 is 0. The first kappa shape index (κ1) is 19.0. The van der Waals surface area contributed by atoms with E-state index in [9.17, 15) is 19.8 Å². The van der Waals surface area contributed by atoms with E-state index in [4.69, 9.17) is 0 Å². The van der Waals surface area contributed by atoms with E-state index in [0.717, 1.165) is 0 Å². The standard InChI is InChI=1S/C7H12O4.H2O.Sr/c1-7(2,3-5(8)9)4-6(10)11;;/h3-4H2,1-2H3,(H,8,9)(H,10,11);1H2;/q;;+2/p-2. The van der Waals surface area contributed by atoms with Gasteiger partial charge in [-0.1, -0.05) is 13.8 Å². The molecular formula is C7H12O5Sr. The summed E-state index contributed by atoms with van der Waals surface area (Å²) in [5.74, 6) is -2.48. The predicted molar refractivity (Wildman–Crippen MR) is 42.4 cm³/mol. The first-order valence-electron chi connectivity index (χ1n) is 3.23. The number of rotatable bonds is 4. The summed E-state index contributed by atoms with van der Waals surface area (Å²) in [6.07, 6.45) is -0.526. The minimum atomic E-state index is -1.24. The van der Waals surface area contributed by atoms with Crippen LogP contribution in [-0.4, -0.2) is 62.9 Å². The van der Waals surface area contributed by atoms with Crippen LogP contribution >= 0.6 is 0 Å². The van der Waals surface area contributed by atoms with Crippen LogP contribution in [0.1, 0.15) is 26.7 Å². The third-order valence-corrected chi connectivity index (χ3v) is 1.25. The molecule has 6 heteroatoms. The number of carbonyl (C=O) groups excluding carboxylic acids is 2. The number of hydrogen-bond acceptors (Lipinski definition) is 4. The van der Waals surface area contributed by atoms with Crippen LogP contribution in [-0.2, 0) is 9.59 Å².